The van der Waals surface area contributed by atoms with Crippen molar-refractivity contribution in [2.24, 2.45) is 5.92 Å². The van der Waals surface area contributed by atoms with Gasteiger partial charge in [-0.1, -0.05) is 32.9 Å². The summed E-state index contributed by atoms with van der Waals surface area (Å²) in [6.07, 6.45) is 1.98. The highest BCUT2D eigenvalue weighted by Crippen LogP contribution is 2.09. The quantitative estimate of drug-likeness (QED) is 0.805. The van der Waals surface area contributed by atoms with Crippen LogP contribution in [-0.4, -0.2) is 23.0 Å². The molecule has 0 heterocycles. The fourth-order valence-corrected chi connectivity index (χ4v) is 2.09. The summed E-state index contributed by atoms with van der Waals surface area (Å²) in [4.78, 5) is 22.6. The van der Waals surface area contributed by atoms with Gasteiger partial charge in [-0.25, -0.2) is 4.79 Å². The summed E-state index contributed by atoms with van der Waals surface area (Å²) < 4.78 is 0. The van der Waals surface area contributed by atoms with E-state index in [2.05, 4.69) is 26.1 Å². The van der Waals surface area contributed by atoms with Gasteiger partial charge in [0.1, 0.15) is 0 Å². The molecule has 0 bridgehead atoms. The van der Waals surface area contributed by atoms with E-state index in [4.69, 9.17) is 5.11 Å². The van der Waals surface area contributed by atoms with Gasteiger partial charge in [0, 0.05) is 12.5 Å². The highest BCUT2D eigenvalue weighted by molar-refractivity contribution is 5.87. The van der Waals surface area contributed by atoms with E-state index in [-0.39, 0.29) is 17.5 Å². The maximum atomic E-state index is 11.9. The number of carboxylic acids is 1. The van der Waals surface area contributed by atoms with Crippen LogP contribution in [0.3, 0.4) is 0 Å². The Morgan fingerprint density at radius 3 is 2.25 bits per heavy atom. The number of hydrogen-bond acceptors (Lipinski definition) is 2. The lowest BCUT2D eigenvalue weighted by Crippen LogP contribution is -2.38. The first-order valence-electron chi connectivity index (χ1n) is 7.05. The number of nitrogens with one attached hydrogen (secondary N) is 1. The van der Waals surface area contributed by atoms with E-state index in [0.717, 1.165) is 12.0 Å². The van der Waals surface area contributed by atoms with Crippen molar-refractivity contribution >= 4 is 11.9 Å². The smallest absolute Gasteiger partial charge is 0.335 e. The summed E-state index contributed by atoms with van der Waals surface area (Å²) in [5.74, 6) is -0.455. The van der Waals surface area contributed by atoms with Gasteiger partial charge in [0.25, 0.3) is 0 Å². The second-order valence-corrected chi connectivity index (χ2v) is 5.33. The van der Waals surface area contributed by atoms with E-state index in [1.165, 1.54) is 0 Å². The topological polar surface area (TPSA) is 66.4 Å². The molecule has 0 aromatic heterocycles. The van der Waals surface area contributed by atoms with Crippen LogP contribution < -0.4 is 5.32 Å². The lowest BCUT2D eigenvalue weighted by Gasteiger charge is -2.20. The van der Waals surface area contributed by atoms with Crippen LogP contribution in [0.5, 0.6) is 0 Å². The van der Waals surface area contributed by atoms with Gasteiger partial charge >= 0.3 is 5.97 Å². The van der Waals surface area contributed by atoms with Crippen LogP contribution in [0.15, 0.2) is 24.3 Å². The van der Waals surface area contributed by atoms with Crippen molar-refractivity contribution in [3.05, 3.63) is 35.4 Å². The lowest BCUT2D eigenvalue weighted by molar-refractivity contribution is -0.122. The molecule has 4 heteroatoms. The number of rotatable bonds is 7. The Morgan fingerprint density at radius 2 is 1.80 bits per heavy atom. The third-order valence-corrected chi connectivity index (χ3v) is 3.43. The summed E-state index contributed by atoms with van der Waals surface area (Å²) in [6.45, 7) is 6.26. The first-order chi connectivity index (χ1) is 9.43. The van der Waals surface area contributed by atoms with Crippen molar-refractivity contribution in [2.45, 2.75) is 46.1 Å². The van der Waals surface area contributed by atoms with Crippen LogP contribution in [0, 0.1) is 5.92 Å². The SMILES string of the molecule is CCC(NC(=O)CCc1ccc(C(=O)O)cc1)C(C)C. The van der Waals surface area contributed by atoms with Gasteiger partial charge in [0.2, 0.25) is 5.91 Å². The maximum absolute atomic E-state index is 11.9. The Morgan fingerprint density at radius 1 is 1.20 bits per heavy atom. The maximum Gasteiger partial charge on any atom is 0.335 e. The van der Waals surface area contributed by atoms with Crippen molar-refractivity contribution in [1.29, 1.82) is 0 Å². The summed E-state index contributed by atoms with van der Waals surface area (Å²) in [7, 11) is 0. The van der Waals surface area contributed by atoms with E-state index >= 15 is 0 Å². The largest absolute Gasteiger partial charge is 0.478 e. The molecule has 110 valence electrons. The van der Waals surface area contributed by atoms with Gasteiger partial charge < -0.3 is 10.4 Å². The van der Waals surface area contributed by atoms with Crippen LogP contribution in [0.2, 0.25) is 0 Å². The Labute approximate surface area is 120 Å². The minimum Gasteiger partial charge on any atom is -0.478 e. The zero-order chi connectivity index (χ0) is 15.1. The van der Waals surface area contributed by atoms with Gasteiger partial charge in [-0.15, -0.1) is 0 Å². The molecule has 1 aromatic rings. The second kappa shape index (κ2) is 7.68. The van der Waals surface area contributed by atoms with Crippen LogP contribution in [-0.2, 0) is 11.2 Å². The zero-order valence-corrected chi connectivity index (χ0v) is 12.3. The number of carbonyl (C=O) groups excluding carboxylic acids is 1. The summed E-state index contributed by atoms with van der Waals surface area (Å²) >= 11 is 0. The average molecular weight is 277 g/mol. The predicted molar refractivity (Wildman–Crippen MR) is 78.8 cm³/mol. The number of aromatic carboxylic acids is 1. The Hall–Kier alpha value is -1.84. The Balaban J connectivity index is 2.46. The molecule has 1 unspecified atom stereocenters. The van der Waals surface area contributed by atoms with Gasteiger partial charge in [-0.2, -0.15) is 0 Å². The molecule has 0 saturated heterocycles. The standard InChI is InChI=1S/C16H23NO3/c1-4-14(11(2)3)17-15(18)10-7-12-5-8-13(9-6-12)16(19)20/h5-6,8-9,11,14H,4,7,10H2,1-3H3,(H,17,18)(H,19,20). The highest BCUT2D eigenvalue weighted by Gasteiger charge is 2.13. The fraction of sp³-hybridized carbons (Fsp3) is 0.500. The molecular weight excluding hydrogens is 254 g/mol. The molecule has 0 aliphatic carbocycles. The predicted octanol–water partition coefficient (Wildman–Crippen LogP) is 2.87. The van der Waals surface area contributed by atoms with Crippen molar-refractivity contribution < 1.29 is 14.7 Å². The van der Waals surface area contributed by atoms with Gasteiger partial charge in [0.15, 0.2) is 0 Å². The molecule has 20 heavy (non-hydrogen) atoms. The van der Waals surface area contributed by atoms with Crippen molar-refractivity contribution in [2.75, 3.05) is 0 Å². The van der Waals surface area contributed by atoms with Gasteiger partial charge in [0.05, 0.1) is 5.56 Å². The van der Waals surface area contributed by atoms with Crippen LogP contribution >= 0.6 is 0 Å². The van der Waals surface area contributed by atoms with Gasteiger partial charge in [-0.05, 0) is 36.5 Å². The van der Waals surface area contributed by atoms with E-state index < -0.39 is 5.97 Å². The normalized spacial score (nSPS) is 12.2. The summed E-state index contributed by atoms with van der Waals surface area (Å²) in [6, 6.07) is 6.88. The number of benzene rings is 1. The number of aryl methyl sites for hydroxylation is 1. The third-order valence-electron chi connectivity index (χ3n) is 3.43. The van der Waals surface area contributed by atoms with E-state index in [9.17, 15) is 9.59 Å². The molecule has 1 amide bonds. The van der Waals surface area contributed by atoms with Crippen molar-refractivity contribution in [1.82, 2.24) is 5.32 Å². The van der Waals surface area contributed by atoms with E-state index in [0.29, 0.717) is 18.8 Å². The molecule has 1 aromatic carbocycles. The van der Waals surface area contributed by atoms with Crippen LogP contribution in [0.25, 0.3) is 0 Å². The first kappa shape index (κ1) is 16.2. The zero-order valence-electron chi connectivity index (χ0n) is 12.3. The highest BCUT2D eigenvalue weighted by atomic mass is 16.4. The minimum atomic E-state index is -0.933. The molecule has 0 aliphatic heterocycles. The third kappa shape index (κ3) is 5.03. The lowest BCUT2D eigenvalue weighted by atomic mass is 10.0. The van der Waals surface area contributed by atoms with Crippen LogP contribution in [0.4, 0.5) is 0 Å². The average Bonchev–Trinajstić information content (AvgIpc) is 2.42. The van der Waals surface area contributed by atoms with E-state index in [1.54, 1.807) is 24.3 Å². The molecule has 2 N–H and O–H groups in total. The summed E-state index contributed by atoms with van der Waals surface area (Å²) in [5, 5.41) is 11.8. The molecule has 0 aliphatic rings. The molecule has 0 saturated carbocycles. The molecule has 0 spiro atoms. The first-order valence-corrected chi connectivity index (χ1v) is 7.05. The summed E-state index contributed by atoms with van der Waals surface area (Å²) in [5.41, 5.74) is 1.24. The molecule has 4 nitrogen and oxygen atoms in total. The van der Waals surface area contributed by atoms with Gasteiger partial charge in [-0.3, -0.25) is 4.79 Å². The number of carboxylic acid groups (broad SMARTS) is 1. The van der Waals surface area contributed by atoms with Crippen molar-refractivity contribution in [3.8, 4) is 0 Å². The molecule has 0 fully saturated rings. The number of amides is 1. The Kier molecular flexibility index (Phi) is 6.22. The second-order valence-electron chi connectivity index (χ2n) is 5.33. The molecule has 0 radical (unpaired) electrons. The fourth-order valence-electron chi connectivity index (χ4n) is 2.09. The Bertz CT molecular complexity index is 451. The minimum absolute atomic E-state index is 0.0489. The van der Waals surface area contributed by atoms with Crippen molar-refractivity contribution in [3.63, 3.8) is 0 Å². The molecule has 1 rings (SSSR count). The number of carbonyl (C=O) groups is 2. The number of hydrogen-bond donors (Lipinski definition) is 2. The van der Waals surface area contributed by atoms with E-state index in [1.807, 2.05) is 0 Å². The monoisotopic (exact) mass is 277 g/mol. The van der Waals surface area contributed by atoms with Crippen LogP contribution in [0.1, 0.15) is 49.5 Å². The molecule has 1 atom stereocenters. The molecular formula is C16H23NO3.